The molecule has 0 radical (unpaired) electrons. The number of rotatable bonds is 2. The van der Waals surface area contributed by atoms with Crippen molar-refractivity contribution < 1.29 is 0 Å². The Hall–Kier alpha value is -0.870. The van der Waals surface area contributed by atoms with Gasteiger partial charge in [0, 0.05) is 11.8 Å². The smallest absolute Gasteiger partial charge is 0.130 e. The van der Waals surface area contributed by atoms with Crippen LogP contribution in [0, 0.1) is 6.92 Å². The number of hydrogen-bond donors (Lipinski definition) is 2. The van der Waals surface area contributed by atoms with Gasteiger partial charge < -0.3 is 11.5 Å². The molecule has 68 valence electrons. The molecule has 0 spiro atoms. The van der Waals surface area contributed by atoms with Crippen molar-refractivity contribution in [2.45, 2.75) is 13.3 Å². The van der Waals surface area contributed by atoms with Gasteiger partial charge in [0.15, 0.2) is 0 Å². The molecule has 1 aromatic rings. The maximum atomic E-state index is 5.60. The summed E-state index contributed by atoms with van der Waals surface area (Å²) in [7, 11) is 0. The molecule has 1 heterocycles. The van der Waals surface area contributed by atoms with Gasteiger partial charge in [0.05, 0.1) is 0 Å². The summed E-state index contributed by atoms with van der Waals surface area (Å²) in [5.41, 5.74) is 11.9. The van der Waals surface area contributed by atoms with Gasteiger partial charge in [-0.2, -0.15) is 0 Å². The van der Waals surface area contributed by atoms with E-state index in [0.717, 1.165) is 12.0 Å². The van der Waals surface area contributed by atoms with Crippen molar-refractivity contribution in [2.75, 3.05) is 12.3 Å². The fourth-order valence-corrected chi connectivity index (χ4v) is 0.861. The standard InChI is InChI=1S/C7H12N4.ClH/c1-5-10-4-6(2-3-8)7(9)11-5;/h4H,2-3,8H2,1H3,(H2,9,10,11);1H. The minimum absolute atomic E-state index is 0. The van der Waals surface area contributed by atoms with Crippen LogP contribution in [-0.4, -0.2) is 16.5 Å². The summed E-state index contributed by atoms with van der Waals surface area (Å²) >= 11 is 0. The molecule has 0 aliphatic carbocycles. The van der Waals surface area contributed by atoms with E-state index in [1.807, 2.05) is 6.92 Å². The predicted octanol–water partition coefficient (Wildman–Crippen LogP) is 0.290. The van der Waals surface area contributed by atoms with Crippen LogP contribution in [0.4, 0.5) is 5.82 Å². The first-order valence-corrected chi connectivity index (χ1v) is 3.52. The van der Waals surface area contributed by atoms with Crippen LogP contribution in [0.2, 0.25) is 0 Å². The number of aryl methyl sites for hydroxylation is 1. The number of hydrogen-bond acceptors (Lipinski definition) is 4. The lowest BCUT2D eigenvalue weighted by molar-refractivity contribution is 0.931. The highest BCUT2D eigenvalue weighted by atomic mass is 35.5. The average molecular weight is 189 g/mol. The molecule has 0 unspecified atom stereocenters. The van der Waals surface area contributed by atoms with E-state index in [1.54, 1.807) is 6.20 Å². The van der Waals surface area contributed by atoms with Crippen molar-refractivity contribution in [1.82, 2.24) is 9.97 Å². The van der Waals surface area contributed by atoms with Crippen LogP contribution in [0.3, 0.4) is 0 Å². The summed E-state index contributed by atoms with van der Waals surface area (Å²) in [6.45, 7) is 2.39. The molecule has 1 aromatic heterocycles. The van der Waals surface area contributed by atoms with Gasteiger partial charge in [-0.15, -0.1) is 12.4 Å². The highest BCUT2D eigenvalue weighted by Gasteiger charge is 1.99. The second kappa shape index (κ2) is 4.90. The minimum atomic E-state index is 0. The third kappa shape index (κ3) is 2.64. The molecule has 0 aromatic carbocycles. The van der Waals surface area contributed by atoms with E-state index in [4.69, 9.17) is 11.5 Å². The average Bonchev–Trinajstić information content (AvgIpc) is 1.95. The van der Waals surface area contributed by atoms with Crippen LogP contribution in [0.1, 0.15) is 11.4 Å². The molecule has 0 amide bonds. The molecule has 4 N–H and O–H groups in total. The zero-order valence-electron chi connectivity index (χ0n) is 6.95. The van der Waals surface area contributed by atoms with Crippen molar-refractivity contribution in [2.24, 2.45) is 5.73 Å². The third-order valence-electron chi connectivity index (χ3n) is 1.43. The molecule has 0 fully saturated rings. The van der Waals surface area contributed by atoms with Crippen LogP contribution in [-0.2, 0) is 6.42 Å². The van der Waals surface area contributed by atoms with E-state index in [2.05, 4.69) is 9.97 Å². The minimum Gasteiger partial charge on any atom is -0.383 e. The van der Waals surface area contributed by atoms with Gasteiger partial charge in [-0.3, -0.25) is 0 Å². The van der Waals surface area contributed by atoms with Gasteiger partial charge in [0.25, 0.3) is 0 Å². The maximum Gasteiger partial charge on any atom is 0.130 e. The van der Waals surface area contributed by atoms with E-state index in [9.17, 15) is 0 Å². The van der Waals surface area contributed by atoms with Crippen molar-refractivity contribution in [3.63, 3.8) is 0 Å². The number of nitrogen functional groups attached to an aromatic ring is 1. The summed E-state index contributed by atoms with van der Waals surface area (Å²) < 4.78 is 0. The van der Waals surface area contributed by atoms with Crippen LogP contribution in [0.25, 0.3) is 0 Å². The van der Waals surface area contributed by atoms with E-state index in [0.29, 0.717) is 18.2 Å². The molecule has 0 saturated carbocycles. The van der Waals surface area contributed by atoms with Crippen LogP contribution >= 0.6 is 12.4 Å². The fraction of sp³-hybridized carbons (Fsp3) is 0.429. The first-order chi connectivity index (χ1) is 5.24. The van der Waals surface area contributed by atoms with Crippen LogP contribution < -0.4 is 11.5 Å². The van der Waals surface area contributed by atoms with E-state index in [1.165, 1.54) is 0 Å². The van der Waals surface area contributed by atoms with E-state index in [-0.39, 0.29) is 12.4 Å². The van der Waals surface area contributed by atoms with Crippen molar-refractivity contribution in [1.29, 1.82) is 0 Å². The highest BCUT2D eigenvalue weighted by molar-refractivity contribution is 5.85. The van der Waals surface area contributed by atoms with Crippen LogP contribution in [0.15, 0.2) is 6.20 Å². The van der Waals surface area contributed by atoms with Gasteiger partial charge in [-0.25, -0.2) is 9.97 Å². The molecule has 0 aliphatic rings. The summed E-state index contributed by atoms with van der Waals surface area (Å²) in [5.74, 6) is 1.24. The molecular weight excluding hydrogens is 176 g/mol. The number of nitrogens with two attached hydrogens (primary N) is 2. The van der Waals surface area contributed by atoms with Gasteiger partial charge >= 0.3 is 0 Å². The van der Waals surface area contributed by atoms with Gasteiger partial charge in [-0.1, -0.05) is 0 Å². The Labute approximate surface area is 77.8 Å². The number of anilines is 1. The Kier molecular flexibility index (Phi) is 4.54. The lowest BCUT2D eigenvalue weighted by Gasteiger charge is -2.01. The second-order valence-corrected chi connectivity index (χ2v) is 2.37. The number of aromatic nitrogens is 2. The first-order valence-electron chi connectivity index (χ1n) is 3.52. The summed E-state index contributed by atoms with van der Waals surface area (Å²) in [6, 6.07) is 0. The Balaban J connectivity index is 0.00000121. The number of nitrogens with zero attached hydrogens (tertiary/aromatic N) is 2. The fourth-order valence-electron chi connectivity index (χ4n) is 0.861. The normalized spacial score (nSPS) is 9.17. The Morgan fingerprint density at radius 2 is 2.17 bits per heavy atom. The molecule has 1 rings (SSSR count). The summed E-state index contributed by atoms with van der Waals surface area (Å²) in [5, 5.41) is 0. The topological polar surface area (TPSA) is 77.8 Å². The second-order valence-electron chi connectivity index (χ2n) is 2.37. The zero-order valence-corrected chi connectivity index (χ0v) is 7.77. The van der Waals surface area contributed by atoms with Crippen molar-refractivity contribution in [3.8, 4) is 0 Å². The largest absolute Gasteiger partial charge is 0.383 e. The quantitative estimate of drug-likeness (QED) is 0.700. The summed E-state index contributed by atoms with van der Waals surface area (Å²) in [4.78, 5) is 8.02. The molecule has 0 bridgehead atoms. The molecule has 4 nitrogen and oxygen atoms in total. The number of halogens is 1. The summed E-state index contributed by atoms with van der Waals surface area (Å²) in [6.07, 6.45) is 2.47. The Morgan fingerprint density at radius 1 is 1.50 bits per heavy atom. The SMILES string of the molecule is Cc1ncc(CCN)c(N)n1.Cl. The molecule has 5 heteroatoms. The third-order valence-corrected chi connectivity index (χ3v) is 1.43. The van der Waals surface area contributed by atoms with Crippen LogP contribution in [0.5, 0.6) is 0 Å². The predicted molar refractivity (Wildman–Crippen MR) is 51.2 cm³/mol. The van der Waals surface area contributed by atoms with E-state index < -0.39 is 0 Å². The van der Waals surface area contributed by atoms with Gasteiger partial charge in [-0.05, 0) is 19.9 Å². The van der Waals surface area contributed by atoms with Gasteiger partial charge in [0.2, 0.25) is 0 Å². The highest BCUT2D eigenvalue weighted by Crippen LogP contribution is 2.06. The van der Waals surface area contributed by atoms with E-state index >= 15 is 0 Å². The molecular formula is C7H13ClN4. The maximum absolute atomic E-state index is 5.60. The van der Waals surface area contributed by atoms with Crippen molar-refractivity contribution in [3.05, 3.63) is 17.6 Å². The lowest BCUT2D eigenvalue weighted by Crippen LogP contribution is -2.07. The van der Waals surface area contributed by atoms with Gasteiger partial charge in [0.1, 0.15) is 11.6 Å². The lowest BCUT2D eigenvalue weighted by atomic mass is 10.2. The molecule has 0 saturated heterocycles. The Morgan fingerprint density at radius 3 is 2.67 bits per heavy atom. The Bertz CT molecular complexity index is 251. The van der Waals surface area contributed by atoms with Crippen molar-refractivity contribution >= 4 is 18.2 Å². The molecule has 0 atom stereocenters. The first kappa shape index (κ1) is 11.1. The zero-order chi connectivity index (χ0) is 8.27. The monoisotopic (exact) mass is 188 g/mol. The molecule has 12 heavy (non-hydrogen) atoms. The molecule has 0 aliphatic heterocycles.